The molecule has 1 rings (SSSR count). The number of rotatable bonds is 5. The SMILES string of the molecule is CCc1ccc(N)c(C=CCCSC(C)=O)c1. The lowest BCUT2D eigenvalue weighted by atomic mass is 10.1. The van der Waals surface area contributed by atoms with Crippen LogP contribution < -0.4 is 5.73 Å². The highest BCUT2D eigenvalue weighted by molar-refractivity contribution is 8.13. The maximum absolute atomic E-state index is 10.7. The predicted molar refractivity (Wildman–Crippen MR) is 77.0 cm³/mol. The molecule has 1 aromatic rings. The van der Waals surface area contributed by atoms with Gasteiger partial charge in [0, 0.05) is 18.4 Å². The van der Waals surface area contributed by atoms with Gasteiger partial charge in [0.15, 0.2) is 5.12 Å². The zero-order chi connectivity index (χ0) is 12.7. The molecule has 0 saturated carbocycles. The highest BCUT2D eigenvalue weighted by Gasteiger charge is 1.97. The Hall–Kier alpha value is -1.22. The van der Waals surface area contributed by atoms with Crippen molar-refractivity contribution in [1.82, 2.24) is 0 Å². The van der Waals surface area contributed by atoms with Gasteiger partial charge in [-0.3, -0.25) is 4.79 Å². The lowest BCUT2D eigenvalue weighted by Crippen LogP contribution is -1.91. The summed E-state index contributed by atoms with van der Waals surface area (Å²) in [7, 11) is 0. The Morgan fingerprint density at radius 2 is 2.24 bits per heavy atom. The van der Waals surface area contributed by atoms with Crippen molar-refractivity contribution in [1.29, 1.82) is 0 Å². The highest BCUT2D eigenvalue weighted by atomic mass is 32.2. The Morgan fingerprint density at radius 3 is 2.88 bits per heavy atom. The second-order valence-electron chi connectivity index (χ2n) is 3.85. The monoisotopic (exact) mass is 249 g/mol. The molecule has 0 aliphatic carbocycles. The normalized spacial score (nSPS) is 10.9. The van der Waals surface area contributed by atoms with E-state index in [1.165, 1.54) is 17.3 Å². The van der Waals surface area contributed by atoms with Gasteiger partial charge in [0.1, 0.15) is 0 Å². The molecule has 0 amide bonds. The van der Waals surface area contributed by atoms with Gasteiger partial charge in [0.05, 0.1) is 0 Å². The van der Waals surface area contributed by atoms with Gasteiger partial charge in [-0.2, -0.15) is 0 Å². The number of carbonyl (C=O) groups is 1. The van der Waals surface area contributed by atoms with Gasteiger partial charge >= 0.3 is 0 Å². The molecule has 0 unspecified atom stereocenters. The third-order valence-corrected chi connectivity index (χ3v) is 3.29. The summed E-state index contributed by atoms with van der Waals surface area (Å²) in [6.07, 6.45) is 6.01. The van der Waals surface area contributed by atoms with Crippen LogP contribution in [0.25, 0.3) is 6.08 Å². The summed E-state index contributed by atoms with van der Waals surface area (Å²) in [5.41, 5.74) is 9.06. The zero-order valence-corrected chi connectivity index (χ0v) is 11.2. The van der Waals surface area contributed by atoms with E-state index >= 15 is 0 Å². The standard InChI is InChI=1S/C14H19NOS/c1-3-12-7-8-14(15)13(10-12)6-4-5-9-17-11(2)16/h4,6-8,10H,3,5,9,15H2,1-2H3. The molecule has 0 atom stereocenters. The van der Waals surface area contributed by atoms with E-state index in [0.29, 0.717) is 0 Å². The summed E-state index contributed by atoms with van der Waals surface area (Å²) in [5, 5.41) is 0.172. The highest BCUT2D eigenvalue weighted by Crippen LogP contribution is 2.17. The van der Waals surface area contributed by atoms with Crippen molar-refractivity contribution in [3.63, 3.8) is 0 Å². The summed E-state index contributed by atoms with van der Waals surface area (Å²) in [5.74, 6) is 0.833. The summed E-state index contributed by atoms with van der Waals surface area (Å²) >= 11 is 1.36. The van der Waals surface area contributed by atoms with E-state index in [2.05, 4.69) is 25.1 Å². The smallest absolute Gasteiger partial charge is 0.185 e. The van der Waals surface area contributed by atoms with Crippen LogP contribution in [0.15, 0.2) is 24.3 Å². The minimum Gasteiger partial charge on any atom is -0.398 e. The zero-order valence-electron chi connectivity index (χ0n) is 10.4. The lowest BCUT2D eigenvalue weighted by molar-refractivity contribution is -0.109. The minimum atomic E-state index is 0.172. The number of anilines is 1. The van der Waals surface area contributed by atoms with Crippen LogP contribution in [0.4, 0.5) is 5.69 Å². The lowest BCUT2D eigenvalue weighted by Gasteiger charge is -2.03. The molecule has 0 heterocycles. The van der Waals surface area contributed by atoms with Crippen molar-refractivity contribution >= 4 is 28.6 Å². The molecule has 3 heteroatoms. The van der Waals surface area contributed by atoms with Gasteiger partial charge in [-0.25, -0.2) is 0 Å². The summed E-state index contributed by atoms with van der Waals surface area (Å²) in [6, 6.07) is 6.12. The number of benzene rings is 1. The maximum Gasteiger partial charge on any atom is 0.185 e. The van der Waals surface area contributed by atoms with Gasteiger partial charge in [-0.15, -0.1) is 0 Å². The minimum absolute atomic E-state index is 0.172. The number of hydrogen-bond acceptors (Lipinski definition) is 3. The molecule has 0 aliphatic rings. The molecule has 92 valence electrons. The number of carbonyl (C=O) groups excluding carboxylic acids is 1. The molecule has 0 bridgehead atoms. The molecule has 17 heavy (non-hydrogen) atoms. The Labute approximate surface area is 107 Å². The van der Waals surface area contributed by atoms with Gasteiger partial charge in [-0.1, -0.05) is 36.9 Å². The molecular formula is C14H19NOS. The number of allylic oxidation sites excluding steroid dienone is 1. The van der Waals surface area contributed by atoms with Gasteiger partial charge in [0.2, 0.25) is 0 Å². The van der Waals surface area contributed by atoms with Gasteiger partial charge < -0.3 is 5.73 Å². The van der Waals surface area contributed by atoms with E-state index in [1.54, 1.807) is 6.92 Å². The van der Waals surface area contributed by atoms with Crippen LogP contribution in [0.5, 0.6) is 0 Å². The van der Waals surface area contributed by atoms with Crippen LogP contribution >= 0.6 is 11.8 Å². The van der Waals surface area contributed by atoms with E-state index in [-0.39, 0.29) is 5.12 Å². The fourth-order valence-electron chi connectivity index (χ4n) is 1.47. The van der Waals surface area contributed by atoms with Gasteiger partial charge in [0.25, 0.3) is 0 Å². The van der Waals surface area contributed by atoms with Crippen LogP contribution in [-0.2, 0) is 11.2 Å². The first kappa shape index (κ1) is 13.8. The van der Waals surface area contributed by atoms with E-state index in [1.807, 2.05) is 12.1 Å². The largest absolute Gasteiger partial charge is 0.398 e. The van der Waals surface area contributed by atoms with Crippen molar-refractivity contribution < 1.29 is 4.79 Å². The molecule has 0 saturated heterocycles. The number of aryl methyl sites for hydroxylation is 1. The van der Waals surface area contributed by atoms with Gasteiger partial charge in [-0.05, 0) is 36.1 Å². The number of nitrogens with two attached hydrogens (primary N) is 1. The number of nitrogen functional groups attached to an aromatic ring is 1. The van der Waals surface area contributed by atoms with E-state index in [0.717, 1.165) is 29.8 Å². The third kappa shape index (κ3) is 5.09. The van der Waals surface area contributed by atoms with Crippen LogP contribution in [0, 0.1) is 0 Å². The summed E-state index contributed by atoms with van der Waals surface area (Å²) < 4.78 is 0. The molecule has 0 spiro atoms. The Bertz CT molecular complexity index is 413. The molecular weight excluding hydrogens is 230 g/mol. The summed E-state index contributed by atoms with van der Waals surface area (Å²) in [4.78, 5) is 10.7. The Balaban J connectivity index is 2.55. The molecule has 2 N–H and O–H groups in total. The molecule has 0 aliphatic heterocycles. The van der Waals surface area contributed by atoms with Crippen LogP contribution in [0.1, 0.15) is 31.4 Å². The van der Waals surface area contributed by atoms with E-state index in [4.69, 9.17) is 5.73 Å². The third-order valence-electron chi connectivity index (χ3n) is 2.45. The van der Waals surface area contributed by atoms with Crippen LogP contribution in [-0.4, -0.2) is 10.9 Å². The van der Waals surface area contributed by atoms with E-state index in [9.17, 15) is 4.79 Å². The Morgan fingerprint density at radius 1 is 1.47 bits per heavy atom. The predicted octanol–water partition coefficient (Wildman–Crippen LogP) is 3.51. The number of hydrogen-bond donors (Lipinski definition) is 1. The van der Waals surface area contributed by atoms with Crippen LogP contribution in [0.3, 0.4) is 0 Å². The fourth-order valence-corrected chi connectivity index (χ4v) is 2.01. The molecule has 0 radical (unpaired) electrons. The van der Waals surface area contributed by atoms with Crippen molar-refractivity contribution in [2.75, 3.05) is 11.5 Å². The van der Waals surface area contributed by atoms with Crippen molar-refractivity contribution in [3.8, 4) is 0 Å². The first-order chi connectivity index (χ1) is 8.13. The van der Waals surface area contributed by atoms with Crippen molar-refractivity contribution in [2.24, 2.45) is 0 Å². The second-order valence-corrected chi connectivity index (χ2v) is 5.12. The second kappa shape index (κ2) is 7.17. The molecule has 0 fully saturated rings. The number of thioether (sulfide) groups is 1. The molecule has 0 aromatic heterocycles. The topological polar surface area (TPSA) is 43.1 Å². The fraction of sp³-hybridized carbons (Fsp3) is 0.357. The Kier molecular flexibility index (Phi) is 5.84. The molecule has 1 aromatic carbocycles. The van der Waals surface area contributed by atoms with E-state index < -0.39 is 0 Å². The first-order valence-corrected chi connectivity index (χ1v) is 6.80. The van der Waals surface area contributed by atoms with Crippen molar-refractivity contribution in [2.45, 2.75) is 26.7 Å². The quantitative estimate of drug-likeness (QED) is 0.641. The average Bonchev–Trinajstić information content (AvgIpc) is 2.30. The van der Waals surface area contributed by atoms with Crippen LogP contribution in [0.2, 0.25) is 0 Å². The molecule has 2 nitrogen and oxygen atoms in total. The average molecular weight is 249 g/mol. The summed E-state index contributed by atoms with van der Waals surface area (Å²) in [6.45, 7) is 3.72. The van der Waals surface area contributed by atoms with Crippen molar-refractivity contribution in [3.05, 3.63) is 35.4 Å². The maximum atomic E-state index is 10.7. The first-order valence-electron chi connectivity index (χ1n) is 5.81.